The second-order valence-corrected chi connectivity index (χ2v) is 5.76. The zero-order valence-corrected chi connectivity index (χ0v) is 12.3. The lowest BCUT2D eigenvalue weighted by atomic mass is 9.87. The van der Waals surface area contributed by atoms with E-state index in [9.17, 15) is 19.5 Å². The highest BCUT2D eigenvalue weighted by molar-refractivity contribution is 6.00. The number of aliphatic carboxylic acids is 1. The first-order valence-corrected chi connectivity index (χ1v) is 6.51. The van der Waals surface area contributed by atoms with E-state index in [0.717, 1.165) is 0 Å². The summed E-state index contributed by atoms with van der Waals surface area (Å²) < 4.78 is 10.00. The molecule has 1 amide bonds. The second-order valence-electron chi connectivity index (χ2n) is 5.76. The van der Waals surface area contributed by atoms with Crippen LogP contribution in [-0.2, 0) is 19.1 Å². The van der Waals surface area contributed by atoms with Gasteiger partial charge in [0.05, 0.1) is 13.2 Å². The normalized spacial score (nSPS) is 22.5. The predicted octanol–water partition coefficient (Wildman–Crippen LogP) is 1.26. The summed E-state index contributed by atoms with van der Waals surface area (Å²) in [6, 6.07) is 0. The van der Waals surface area contributed by atoms with E-state index in [1.807, 2.05) is 0 Å². The molecule has 1 atom stereocenters. The van der Waals surface area contributed by atoms with E-state index in [1.165, 1.54) is 4.90 Å². The van der Waals surface area contributed by atoms with Crippen LogP contribution in [0, 0.1) is 5.41 Å². The van der Waals surface area contributed by atoms with Crippen LogP contribution >= 0.6 is 0 Å². The molecule has 1 fully saturated rings. The fraction of sp³-hybridized carbons (Fsp3) is 0.769. The Balaban J connectivity index is 2.83. The van der Waals surface area contributed by atoms with Gasteiger partial charge in [0.2, 0.25) is 0 Å². The summed E-state index contributed by atoms with van der Waals surface area (Å²) in [6.45, 7) is 6.79. The number of hydrogen-bond donors (Lipinski definition) is 1. The Morgan fingerprint density at radius 1 is 1.30 bits per heavy atom. The van der Waals surface area contributed by atoms with Crippen LogP contribution in [-0.4, -0.2) is 53.3 Å². The van der Waals surface area contributed by atoms with Crippen molar-refractivity contribution in [1.29, 1.82) is 0 Å². The summed E-state index contributed by atoms with van der Waals surface area (Å²) in [5, 5.41) is 9.31. The number of nitrogens with zero attached hydrogens (tertiary/aromatic N) is 1. The van der Waals surface area contributed by atoms with E-state index in [-0.39, 0.29) is 26.1 Å². The quantitative estimate of drug-likeness (QED) is 0.620. The molecular formula is C13H21NO6. The largest absolute Gasteiger partial charge is 0.480 e. The van der Waals surface area contributed by atoms with Gasteiger partial charge in [-0.1, -0.05) is 0 Å². The Labute approximate surface area is 117 Å². The van der Waals surface area contributed by atoms with Gasteiger partial charge in [-0.3, -0.25) is 9.59 Å². The van der Waals surface area contributed by atoms with Crippen molar-refractivity contribution in [2.45, 2.75) is 39.7 Å². The first-order chi connectivity index (χ1) is 9.12. The molecule has 1 N–H and O–H groups in total. The fourth-order valence-electron chi connectivity index (χ4n) is 1.99. The molecule has 7 nitrogen and oxygen atoms in total. The zero-order valence-electron chi connectivity index (χ0n) is 12.3. The van der Waals surface area contributed by atoms with E-state index in [4.69, 9.17) is 9.47 Å². The van der Waals surface area contributed by atoms with Gasteiger partial charge in [-0.25, -0.2) is 4.79 Å². The lowest BCUT2D eigenvalue weighted by molar-refractivity contribution is -0.167. The minimum Gasteiger partial charge on any atom is -0.480 e. The molecule has 7 heteroatoms. The predicted molar refractivity (Wildman–Crippen MR) is 69.1 cm³/mol. The van der Waals surface area contributed by atoms with E-state index in [0.29, 0.717) is 0 Å². The lowest BCUT2D eigenvalue weighted by Gasteiger charge is -2.26. The van der Waals surface area contributed by atoms with Crippen molar-refractivity contribution in [3.63, 3.8) is 0 Å². The van der Waals surface area contributed by atoms with Crippen molar-refractivity contribution in [2.75, 3.05) is 19.7 Å². The first kappa shape index (κ1) is 16.3. The third-order valence-electron chi connectivity index (χ3n) is 3.00. The van der Waals surface area contributed by atoms with Crippen molar-refractivity contribution in [3.05, 3.63) is 0 Å². The molecular weight excluding hydrogens is 266 g/mol. The standard InChI is InChI=1S/C13H21NO6/c1-5-19-10(17)13(9(15)16)6-7-14(8-13)11(18)20-12(2,3)4/h5-8H2,1-4H3,(H,15,16). The first-order valence-electron chi connectivity index (χ1n) is 6.51. The van der Waals surface area contributed by atoms with E-state index in [2.05, 4.69) is 0 Å². The Morgan fingerprint density at radius 3 is 2.35 bits per heavy atom. The summed E-state index contributed by atoms with van der Waals surface area (Å²) >= 11 is 0. The molecule has 1 saturated heterocycles. The third kappa shape index (κ3) is 3.40. The molecule has 1 unspecified atom stereocenters. The molecule has 0 aliphatic carbocycles. The van der Waals surface area contributed by atoms with Crippen LogP contribution in [0.5, 0.6) is 0 Å². The number of likely N-dealkylation sites (tertiary alicyclic amines) is 1. The highest BCUT2D eigenvalue weighted by Crippen LogP contribution is 2.33. The van der Waals surface area contributed by atoms with Gasteiger partial charge in [-0.15, -0.1) is 0 Å². The Hall–Kier alpha value is -1.79. The van der Waals surface area contributed by atoms with E-state index >= 15 is 0 Å². The van der Waals surface area contributed by atoms with Gasteiger partial charge in [-0.2, -0.15) is 0 Å². The SMILES string of the molecule is CCOC(=O)C1(C(=O)O)CCN(C(=O)OC(C)(C)C)C1. The topological polar surface area (TPSA) is 93.1 Å². The van der Waals surface area contributed by atoms with Gasteiger partial charge in [0, 0.05) is 6.54 Å². The number of carbonyl (C=O) groups excluding carboxylic acids is 2. The number of esters is 1. The van der Waals surface area contributed by atoms with Gasteiger partial charge in [0.1, 0.15) is 5.60 Å². The van der Waals surface area contributed by atoms with Crippen molar-refractivity contribution in [3.8, 4) is 0 Å². The lowest BCUT2D eigenvalue weighted by Crippen LogP contribution is -2.44. The number of rotatable bonds is 3. The number of hydrogen-bond acceptors (Lipinski definition) is 5. The van der Waals surface area contributed by atoms with Gasteiger partial charge < -0.3 is 19.5 Å². The Morgan fingerprint density at radius 2 is 1.90 bits per heavy atom. The molecule has 1 aliphatic heterocycles. The molecule has 0 spiro atoms. The van der Waals surface area contributed by atoms with Gasteiger partial charge in [0.25, 0.3) is 0 Å². The fourth-order valence-corrected chi connectivity index (χ4v) is 1.99. The molecule has 1 heterocycles. The molecule has 0 bridgehead atoms. The van der Waals surface area contributed by atoms with Gasteiger partial charge >= 0.3 is 18.0 Å². The maximum atomic E-state index is 11.9. The van der Waals surface area contributed by atoms with Crippen LogP contribution < -0.4 is 0 Å². The monoisotopic (exact) mass is 287 g/mol. The smallest absolute Gasteiger partial charge is 0.410 e. The maximum absolute atomic E-state index is 11.9. The van der Waals surface area contributed by atoms with Crippen molar-refractivity contribution >= 4 is 18.0 Å². The van der Waals surface area contributed by atoms with E-state index in [1.54, 1.807) is 27.7 Å². The average molecular weight is 287 g/mol. The highest BCUT2D eigenvalue weighted by atomic mass is 16.6. The molecule has 1 aliphatic rings. The summed E-state index contributed by atoms with van der Waals surface area (Å²) in [5.41, 5.74) is -2.36. The van der Waals surface area contributed by atoms with Crippen LogP contribution in [0.4, 0.5) is 4.79 Å². The molecule has 0 saturated carbocycles. The number of carboxylic acid groups (broad SMARTS) is 1. The Bertz CT molecular complexity index is 414. The minimum atomic E-state index is -1.69. The number of carbonyl (C=O) groups is 3. The van der Waals surface area contributed by atoms with Crippen molar-refractivity contribution in [1.82, 2.24) is 4.90 Å². The zero-order chi connectivity index (χ0) is 15.6. The summed E-state index contributed by atoms with van der Waals surface area (Å²) in [4.78, 5) is 36.4. The highest BCUT2D eigenvalue weighted by Gasteiger charge is 2.54. The second kappa shape index (κ2) is 5.68. The van der Waals surface area contributed by atoms with Crippen LogP contribution in [0.3, 0.4) is 0 Å². The molecule has 0 radical (unpaired) electrons. The van der Waals surface area contributed by atoms with Crippen LogP contribution in [0.15, 0.2) is 0 Å². The van der Waals surface area contributed by atoms with Crippen LogP contribution in [0.1, 0.15) is 34.1 Å². The average Bonchev–Trinajstić information content (AvgIpc) is 2.73. The Kier molecular flexibility index (Phi) is 4.62. The van der Waals surface area contributed by atoms with Crippen LogP contribution in [0.2, 0.25) is 0 Å². The maximum Gasteiger partial charge on any atom is 0.410 e. The number of carboxylic acids is 1. The molecule has 20 heavy (non-hydrogen) atoms. The minimum absolute atomic E-state index is 0.0282. The van der Waals surface area contributed by atoms with Crippen LogP contribution in [0.25, 0.3) is 0 Å². The van der Waals surface area contributed by atoms with E-state index < -0.39 is 29.0 Å². The molecule has 0 aromatic heterocycles. The van der Waals surface area contributed by atoms with Crippen molar-refractivity contribution in [2.24, 2.45) is 5.41 Å². The summed E-state index contributed by atoms with van der Waals surface area (Å²) in [7, 11) is 0. The number of amides is 1. The van der Waals surface area contributed by atoms with Crippen molar-refractivity contribution < 1.29 is 29.0 Å². The molecule has 114 valence electrons. The van der Waals surface area contributed by atoms with Gasteiger partial charge in [0.15, 0.2) is 5.41 Å². The number of ether oxygens (including phenoxy) is 2. The molecule has 1 rings (SSSR count). The summed E-state index contributed by atoms with van der Waals surface area (Å²) in [5.74, 6) is -2.08. The van der Waals surface area contributed by atoms with Gasteiger partial charge in [-0.05, 0) is 34.1 Å². The molecule has 0 aromatic rings. The third-order valence-corrected chi connectivity index (χ3v) is 3.00. The molecule has 0 aromatic carbocycles. The summed E-state index contributed by atoms with van der Waals surface area (Å²) in [6.07, 6.45) is -0.592.